The highest BCUT2D eigenvalue weighted by Crippen LogP contribution is 2.48. The summed E-state index contributed by atoms with van der Waals surface area (Å²) in [4.78, 5) is 2.37. The Labute approximate surface area is 320 Å². The van der Waals surface area contributed by atoms with Gasteiger partial charge in [0.1, 0.15) is 23.0 Å². The molecule has 0 radical (unpaired) electrons. The fraction of sp³-hybridized carbons (Fsp3) is 0.0769. The maximum Gasteiger partial charge on any atom is 0.143 e. The summed E-state index contributed by atoms with van der Waals surface area (Å²) in [5.41, 5.74) is 13.7. The number of rotatable bonds is 6. The Bertz CT molecular complexity index is 2890. The minimum Gasteiger partial charge on any atom is -0.485 e. The molecule has 3 heteroatoms. The second-order valence-corrected chi connectivity index (χ2v) is 14.6. The number of anilines is 2. The van der Waals surface area contributed by atoms with E-state index in [1.807, 2.05) is 0 Å². The smallest absolute Gasteiger partial charge is 0.143 e. The van der Waals surface area contributed by atoms with Crippen molar-refractivity contribution in [1.29, 1.82) is 0 Å². The summed E-state index contributed by atoms with van der Waals surface area (Å²) in [7, 11) is 0. The quantitative estimate of drug-likeness (QED) is 0.172. The van der Waals surface area contributed by atoms with Crippen LogP contribution in [-0.4, -0.2) is 6.10 Å². The summed E-state index contributed by atoms with van der Waals surface area (Å²) in [5.74, 6) is 1.18. The number of ether oxygens (including phenoxy) is 1. The van der Waals surface area contributed by atoms with E-state index >= 15 is 0 Å². The van der Waals surface area contributed by atoms with Crippen LogP contribution in [0.25, 0.3) is 60.5 Å². The number of nitrogens with zero attached hydrogens (tertiary/aromatic N) is 1. The number of hydrogen-bond acceptors (Lipinski definition) is 3. The Morgan fingerprint density at radius 1 is 0.545 bits per heavy atom. The van der Waals surface area contributed by atoms with Crippen LogP contribution in [0, 0.1) is 0 Å². The topological polar surface area (TPSA) is 25.6 Å². The molecule has 7 aromatic carbocycles. The van der Waals surface area contributed by atoms with Crippen molar-refractivity contribution in [3.63, 3.8) is 0 Å². The zero-order chi connectivity index (χ0) is 36.3. The molecule has 0 N–H and O–H groups in total. The first-order valence-corrected chi connectivity index (χ1v) is 19.2. The Morgan fingerprint density at radius 2 is 1.24 bits per heavy atom. The predicted octanol–water partition coefficient (Wildman–Crippen LogP) is 13.9. The third kappa shape index (κ3) is 5.26. The standard InChI is InChI=1S/C52H37NO2/c1-3-13-34(14-4-1)46-33-47-44-22-11-21-41(51(44)55-52(47)43-18-8-7-17-42(43)46)36-27-31-39(32-28-36)53(37-15-5-2-6-16-37)38-29-25-35(26-30-38)40-20-12-24-49-50(40)45-19-9-10-23-48(45)54-49/h1,3-5,7-33,49-50H,2,6H2. The van der Waals surface area contributed by atoms with Crippen LogP contribution in [0.2, 0.25) is 0 Å². The van der Waals surface area contributed by atoms with Gasteiger partial charge in [-0.1, -0.05) is 140 Å². The molecule has 55 heavy (non-hydrogen) atoms. The van der Waals surface area contributed by atoms with Gasteiger partial charge in [0.05, 0.1) is 5.92 Å². The van der Waals surface area contributed by atoms with Crippen molar-refractivity contribution in [3.8, 4) is 28.0 Å². The molecule has 2 atom stereocenters. The molecule has 11 rings (SSSR count). The van der Waals surface area contributed by atoms with Crippen molar-refractivity contribution in [2.75, 3.05) is 4.90 Å². The van der Waals surface area contributed by atoms with Crippen molar-refractivity contribution >= 4 is 49.7 Å². The Morgan fingerprint density at radius 3 is 2.04 bits per heavy atom. The van der Waals surface area contributed by atoms with Gasteiger partial charge in [0.25, 0.3) is 0 Å². The van der Waals surface area contributed by atoms with Crippen LogP contribution >= 0.6 is 0 Å². The maximum absolute atomic E-state index is 6.85. The molecule has 0 fully saturated rings. The lowest BCUT2D eigenvalue weighted by atomic mass is 9.81. The normalized spacial score (nSPS) is 17.2. The van der Waals surface area contributed by atoms with E-state index in [1.165, 1.54) is 38.9 Å². The third-order valence-electron chi connectivity index (χ3n) is 11.5. The lowest BCUT2D eigenvalue weighted by Crippen LogP contribution is -2.19. The van der Waals surface area contributed by atoms with Gasteiger partial charge in [-0.15, -0.1) is 0 Å². The van der Waals surface area contributed by atoms with E-state index in [2.05, 4.69) is 193 Å². The zero-order valence-electron chi connectivity index (χ0n) is 30.2. The molecule has 0 spiro atoms. The largest absolute Gasteiger partial charge is 0.485 e. The molecule has 0 bridgehead atoms. The van der Waals surface area contributed by atoms with Crippen LogP contribution in [0.15, 0.2) is 198 Å². The first-order valence-electron chi connectivity index (χ1n) is 19.2. The first-order chi connectivity index (χ1) is 27.3. The summed E-state index contributed by atoms with van der Waals surface area (Å²) >= 11 is 0. The molecule has 3 nitrogen and oxygen atoms in total. The number of allylic oxidation sites excluding steroid dienone is 5. The summed E-state index contributed by atoms with van der Waals surface area (Å²) < 4.78 is 13.2. The molecule has 262 valence electrons. The average molecular weight is 708 g/mol. The van der Waals surface area contributed by atoms with Gasteiger partial charge in [0.15, 0.2) is 0 Å². The van der Waals surface area contributed by atoms with E-state index in [0.717, 1.165) is 68.4 Å². The predicted molar refractivity (Wildman–Crippen MR) is 228 cm³/mol. The molecule has 0 amide bonds. The molecule has 1 aromatic heterocycles. The SMILES string of the molecule is C1=CC2Oc3ccccc3C2C(c2ccc(N(C3=CCCC=C3)c3ccc(-c4cccc5c4oc4c6ccccc6c(-c6ccccc6)cc54)cc3)cc2)=C1. The van der Waals surface area contributed by atoms with Gasteiger partial charge in [-0.25, -0.2) is 0 Å². The minimum absolute atomic E-state index is 0.0288. The molecule has 3 aliphatic rings. The third-order valence-corrected chi connectivity index (χ3v) is 11.5. The van der Waals surface area contributed by atoms with Gasteiger partial charge in [-0.2, -0.15) is 0 Å². The maximum atomic E-state index is 6.85. The fourth-order valence-electron chi connectivity index (χ4n) is 8.89. The fourth-order valence-corrected chi connectivity index (χ4v) is 8.89. The highest BCUT2D eigenvalue weighted by atomic mass is 16.5. The highest BCUT2D eigenvalue weighted by Gasteiger charge is 2.37. The molecule has 2 unspecified atom stereocenters. The van der Waals surface area contributed by atoms with Crippen molar-refractivity contribution < 1.29 is 9.15 Å². The van der Waals surface area contributed by atoms with Gasteiger partial charge in [0, 0.05) is 44.4 Å². The zero-order valence-corrected chi connectivity index (χ0v) is 30.2. The molecular weight excluding hydrogens is 671 g/mol. The van der Waals surface area contributed by atoms with Crippen LogP contribution < -0.4 is 9.64 Å². The Kier molecular flexibility index (Phi) is 7.44. The van der Waals surface area contributed by atoms with Crippen LogP contribution in [0.5, 0.6) is 5.75 Å². The van der Waals surface area contributed by atoms with E-state index in [9.17, 15) is 0 Å². The number of benzene rings is 7. The van der Waals surface area contributed by atoms with Gasteiger partial charge < -0.3 is 14.1 Å². The lowest BCUT2D eigenvalue weighted by molar-refractivity contribution is 0.271. The van der Waals surface area contributed by atoms with E-state index in [4.69, 9.17) is 9.15 Å². The van der Waals surface area contributed by atoms with E-state index < -0.39 is 0 Å². The van der Waals surface area contributed by atoms with Crippen molar-refractivity contribution in [2.24, 2.45) is 0 Å². The van der Waals surface area contributed by atoms with Crippen LogP contribution in [-0.2, 0) is 0 Å². The number of furan rings is 1. The second-order valence-electron chi connectivity index (χ2n) is 14.6. The molecule has 2 aliphatic carbocycles. The van der Waals surface area contributed by atoms with Crippen molar-refractivity contribution in [2.45, 2.75) is 24.9 Å². The Balaban J connectivity index is 0.966. The monoisotopic (exact) mass is 707 g/mol. The van der Waals surface area contributed by atoms with Crippen molar-refractivity contribution in [3.05, 3.63) is 205 Å². The first kappa shape index (κ1) is 31.7. The van der Waals surface area contributed by atoms with Gasteiger partial charge in [-0.05, 0) is 94.6 Å². The summed E-state index contributed by atoms with van der Waals surface area (Å²) in [6.45, 7) is 0. The number of hydrogen-bond donors (Lipinski definition) is 0. The second kappa shape index (κ2) is 12.9. The van der Waals surface area contributed by atoms with Gasteiger partial charge in [-0.3, -0.25) is 0 Å². The Hall–Kier alpha value is -6.84. The lowest BCUT2D eigenvalue weighted by Gasteiger charge is -2.28. The molecular formula is C52H37NO2. The summed E-state index contributed by atoms with van der Waals surface area (Å²) in [6, 6.07) is 54.5. The van der Waals surface area contributed by atoms with Crippen LogP contribution in [0.3, 0.4) is 0 Å². The average Bonchev–Trinajstić information content (AvgIpc) is 3.84. The minimum atomic E-state index is 0.0288. The van der Waals surface area contributed by atoms with Crippen LogP contribution in [0.4, 0.5) is 11.4 Å². The highest BCUT2D eigenvalue weighted by molar-refractivity contribution is 6.20. The van der Waals surface area contributed by atoms with E-state index in [1.54, 1.807) is 0 Å². The van der Waals surface area contributed by atoms with Crippen molar-refractivity contribution in [1.82, 2.24) is 0 Å². The summed E-state index contributed by atoms with van der Waals surface area (Å²) in [6.07, 6.45) is 15.5. The van der Waals surface area contributed by atoms with Gasteiger partial charge in [0.2, 0.25) is 0 Å². The van der Waals surface area contributed by atoms with E-state index in [0.29, 0.717) is 0 Å². The summed E-state index contributed by atoms with van der Waals surface area (Å²) in [5, 5.41) is 4.59. The van der Waals surface area contributed by atoms with Crippen LogP contribution in [0.1, 0.15) is 29.9 Å². The molecule has 1 aliphatic heterocycles. The number of fused-ring (bicyclic) bond motifs is 8. The molecule has 8 aromatic rings. The van der Waals surface area contributed by atoms with Gasteiger partial charge >= 0.3 is 0 Å². The molecule has 2 heterocycles. The molecule has 0 saturated carbocycles. The number of para-hydroxylation sites is 2. The van der Waals surface area contributed by atoms with E-state index in [-0.39, 0.29) is 12.0 Å². The molecule has 0 saturated heterocycles.